The largest absolute Gasteiger partial charge is 0.469 e. The highest BCUT2D eigenvalue weighted by Crippen LogP contribution is 2.44. The molecule has 0 radical (unpaired) electrons. The molecule has 0 aliphatic carbocycles. The van der Waals surface area contributed by atoms with Crippen LogP contribution in [-0.4, -0.2) is 59.2 Å². The van der Waals surface area contributed by atoms with E-state index in [-0.39, 0.29) is 24.9 Å². The van der Waals surface area contributed by atoms with E-state index in [1.54, 1.807) is 6.08 Å². The lowest BCUT2D eigenvalue weighted by molar-refractivity contribution is -0.218. The number of likely N-dealkylation sites (tertiary alicyclic amines) is 1. The number of ether oxygens (including phenoxy) is 1. The first-order valence-corrected chi connectivity index (χ1v) is 10.3. The second-order valence-corrected chi connectivity index (χ2v) is 7.92. The normalized spacial score (nSPS) is 21.3. The minimum absolute atomic E-state index is 0.122. The van der Waals surface area contributed by atoms with Crippen LogP contribution in [0.25, 0.3) is 10.9 Å². The molecule has 2 saturated heterocycles. The summed E-state index contributed by atoms with van der Waals surface area (Å²) in [5.41, 5.74) is 1.52. The summed E-state index contributed by atoms with van der Waals surface area (Å²) < 4.78 is 5.02. The third-order valence-corrected chi connectivity index (χ3v) is 6.30. The van der Waals surface area contributed by atoms with Crippen LogP contribution in [-0.2, 0) is 25.7 Å². The van der Waals surface area contributed by atoms with E-state index in [1.165, 1.54) is 17.7 Å². The Balaban J connectivity index is 1.53. The number of hydrogen-bond donors (Lipinski definition) is 0. The Kier molecular flexibility index (Phi) is 5.83. The van der Waals surface area contributed by atoms with Gasteiger partial charge in [-0.05, 0) is 24.5 Å². The number of piperidine rings is 1. The second kappa shape index (κ2) is 8.53. The molecule has 2 aliphatic heterocycles. The summed E-state index contributed by atoms with van der Waals surface area (Å²) in [4.78, 5) is 37.7. The third-order valence-electron chi connectivity index (χ3n) is 6.30. The van der Waals surface area contributed by atoms with Gasteiger partial charge in [-0.15, -0.1) is 6.58 Å². The summed E-state index contributed by atoms with van der Waals surface area (Å²) in [5, 5.41) is 2.56. The van der Waals surface area contributed by atoms with Gasteiger partial charge < -0.3 is 4.74 Å². The van der Waals surface area contributed by atoms with Crippen LogP contribution in [0.2, 0.25) is 0 Å². The van der Waals surface area contributed by atoms with E-state index in [0.717, 1.165) is 30.5 Å². The van der Waals surface area contributed by atoms with E-state index in [4.69, 9.17) is 9.57 Å². The van der Waals surface area contributed by atoms with Gasteiger partial charge in [0.05, 0.1) is 30.7 Å². The van der Waals surface area contributed by atoms with Crippen molar-refractivity contribution in [3.63, 3.8) is 0 Å². The number of esters is 1. The van der Waals surface area contributed by atoms with Crippen molar-refractivity contribution in [3.05, 3.63) is 54.7 Å². The van der Waals surface area contributed by atoms with Gasteiger partial charge in [0.2, 0.25) is 5.91 Å². The quantitative estimate of drug-likeness (QED) is 0.540. The van der Waals surface area contributed by atoms with Gasteiger partial charge in [-0.3, -0.25) is 24.3 Å². The number of para-hydroxylation sites is 1. The molecule has 158 valence electrons. The van der Waals surface area contributed by atoms with Crippen LogP contribution in [0.1, 0.15) is 24.8 Å². The summed E-state index contributed by atoms with van der Waals surface area (Å²) in [6, 6.07) is 10.2. The minimum Gasteiger partial charge on any atom is -0.469 e. The zero-order chi connectivity index (χ0) is 21.1. The number of hydrogen-bond acceptors (Lipinski definition) is 6. The standard InChI is InChI=1S/C23H27N3O4/c1-3-14-30-26-20(27)15-19(22(28)29-2)23(26)9-12-25(13-10-23)16-18-7-4-6-17-8-5-11-24-21(17)18/h3-8,11,19H,1,9-10,12-16H2,2H3. The number of hydroxylamine groups is 2. The Morgan fingerprint density at radius 3 is 2.80 bits per heavy atom. The lowest BCUT2D eigenvalue weighted by atomic mass is 9.77. The lowest BCUT2D eigenvalue weighted by Gasteiger charge is -2.45. The lowest BCUT2D eigenvalue weighted by Crippen LogP contribution is -2.57. The molecule has 30 heavy (non-hydrogen) atoms. The van der Waals surface area contributed by atoms with Crippen molar-refractivity contribution in [2.45, 2.75) is 31.3 Å². The number of aromatic nitrogens is 1. The molecule has 2 aromatic rings. The first-order chi connectivity index (χ1) is 14.6. The van der Waals surface area contributed by atoms with Crippen molar-refractivity contribution in [1.82, 2.24) is 14.9 Å². The molecule has 1 aromatic heterocycles. The maximum absolute atomic E-state index is 12.6. The number of nitrogens with zero attached hydrogens (tertiary/aromatic N) is 3. The van der Waals surface area contributed by atoms with Crippen LogP contribution in [0.5, 0.6) is 0 Å². The van der Waals surface area contributed by atoms with Gasteiger partial charge in [0.25, 0.3) is 0 Å². The number of carbonyl (C=O) groups excluding carboxylic acids is 2. The van der Waals surface area contributed by atoms with Crippen molar-refractivity contribution < 1.29 is 19.2 Å². The highest BCUT2D eigenvalue weighted by molar-refractivity contribution is 5.88. The SMILES string of the molecule is C=CCON1C(=O)CC(C(=O)OC)C12CCN(Cc1cccc3cccnc13)CC2. The molecule has 1 aromatic carbocycles. The minimum atomic E-state index is -0.666. The molecule has 7 heteroatoms. The number of pyridine rings is 1. The van der Waals surface area contributed by atoms with Crippen molar-refractivity contribution in [1.29, 1.82) is 0 Å². The van der Waals surface area contributed by atoms with E-state index in [2.05, 4.69) is 40.7 Å². The summed E-state index contributed by atoms with van der Waals surface area (Å²) in [5.74, 6) is -1.03. The Labute approximate surface area is 176 Å². The topological polar surface area (TPSA) is 72.0 Å². The summed E-state index contributed by atoms with van der Waals surface area (Å²) >= 11 is 0. The Hall–Kier alpha value is -2.77. The molecular formula is C23H27N3O4. The van der Waals surface area contributed by atoms with Crippen LogP contribution in [0.4, 0.5) is 0 Å². The van der Waals surface area contributed by atoms with Crippen molar-refractivity contribution >= 4 is 22.8 Å². The van der Waals surface area contributed by atoms with E-state index in [9.17, 15) is 9.59 Å². The number of benzene rings is 1. The van der Waals surface area contributed by atoms with Crippen LogP contribution in [0.15, 0.2) is 49.2 Å². The molecule has 2 fully saturated rings. The molecule has 7 nitrogen and oxygen atoms in total. The average Bonchev–Trinajstić information content (AvgIpc) is 3.04. The number of amides is 1. The Morgan fingerprint density at radius 1 is 1.30 bits per heavy atom. The van der Waals surface area contributed by atoms with Crippen molar-refractivity contribution in [2.24, 2.45) is 5.92 Å². The highest BCUT2D eigenvalue weighted by atomic mass is 16.7. The smallest absolute Gasteiger partial charge is 0.311 e. The van der Waals surface area contributed by atoms with Crippen molar-refractivity contribution in [3.8, 4) is 0 Å². The molecule has 0 bridgehead atoms. The van der Waals surface area contributed by atoms with Crippen LogP contribution >= 0.6 is 0 Å². The molecule has 0 N–H and O–H groups in total. The van der Waals surface area contributed by atoms with Gasteiger partial charge in [0.1, 0.15) is 0 Å². The monoisotopic (exact) mass is 409 g/mol. The first-order valence-electron chi connectivity index (χ1n) is 10.3. The van der Waals surface area contributed by atoms with Gasteiger partial charge in [-0.1, -0.05) is 30.3 Å². The number of carbonyl (C=O) groups is 2. The summed E-state index contributed by atoms with van der Waals surface area (Å²) in [7, 11) is 1.37. The Bertz CT molecular complexity index is 947. The molecule has 4 rings (SSSR count). The fourth-order valence-electron chi connectivity index (χ4n) is 4.80. The molecule has 3 heterocycles. The highest BCUT2D eigenvalue weighted by Gasteiger charge is 2.58. The molecule has 1 atom stereocenters. The fraction of sp³-hybridized carbons (Fsp3) is 0.435. The Morgan fingerprint density at radius 2 is 2.07 bits per heavy atom. The maximum atomic E-state index is 12.6. The third kappa shape index (κ3) is 3.59. The summed E-state index contributed by atoms with van der Waals surface area (Å²) in [6.07, 6.45) is 4.84. The molecule has 1 amide bonds. The number of fused-ring (bicyclic) bond motifs is 1. The van der Waals surface area contributed by atoms with Gasteiger partial charge in [-0.2, -0.15) is 0 Å². The van der Waals surface area contributed by atoms with Crippen LogP contribution in [0, 0.1) is 5.92 Å². The van der Waals surface area contributed by atoms with Crippen molar-refractivity contribution in [2.75, 3.05) is 26.8 Å². The van der Waals surface area contributed by atoms with Gasteiger partial charge in [-0.25, -0.2) is 5.06 Å². The predicted octanol–water partition coefficient (Wildman–Crippen LogP) is 2.71. The number of methoxy groups -OCH3 is 1. The van der Waals surface area contributed by atoms with E-state index in [0.29, 0.717) is 12.8 Å². The van der Waals surface area contributed by atoms with Crippen LogP contribution in [0.3, 0.4) is 0 Å². The van der Waals surface area contributed by atoms with Gasteiger partial charge >= 0.3 is 5.97 Å². The molecular weight excluding hydrogens is 382 g/mol. The molecule has 1 spiro atoms. The molecule has 1 unspecified atom stereocenters. The van der Waals surface area contributed by atoms with Gasteiger partial charge in [0.15, 0.2) is 0 Å². The number of rotatable bonds is 6. The predicted molar refractivity (Wildman–Crippen MR) is 112 cm³/mol. The van der Waals surface area contributed by atoms with E-state index >= 15 is 0 Å². The zero-order valence-electron chi connectivity index (χ0n) is 17.3. The molecule has 0 saturated carbocycles. The van der Waals surface area contributed by atoms with Gasteiger partial charge in [0, 0.05) is 37.6 Å². The maximum Gasteiger partial charge on any atom is 0.311 e. The van der Waals surface area contributed by atoms with E-state index < -0.39 is 11.5 Å². The van der Waals surface area contributed by atoms with Crippen LogP contribution < -0.4 is 0 Å². The molecule has 2 aliphatic rings. The zero-order valence-corrected chi connectivity index (χ0v) is 17.3. The average molecular weight is 409 g/mol. The summed E-state index contributed by atoms with van der Waals surface area (Å²) in [6.45, 7) is 6.16. The fourth-order valence-corrected chi connectivity index (χ4v) is 4.80. The van der Waals surface area contributed by atoms with E-state index in [1.807, 2.05) is 12.3 Å². The first kappa shape index (κ1) is 20.5. The second-order valence-electron chi connectivity index (χ2n) is 7.92.